The van der Waals surface area contributed by atoms with Gasteiger partial charge in [0.25, 0.3) is 0 Å². The minimum absolute atomic E-state index is 0.566. The molecule has 1 aromatic heterocycles. The SMILES string of the molecule is OC1(CNc2nc(-c3ccccc3)cs2)CCSC1. The average molecular weight is 292 g/mol. The van der Waals surface area contributed by atoms with Crippen molar-refractivity contribution in [2.75, 3.05) is 23.4 Å². The predicted molar refractivity (Wildman–Crippen MR) is 82.9 cm³/mol. The van der Waals surface area contributed by atoms with Crippen molar-refractivity contribution in [3.05, 3.63) is 35.7 Å². The number of aromatic nitrogens is 1. The maximum absolute atomic E-state index is 10.3. The number of benzene rings is 1. The van der Waals surface area contributed by atoms with Gasteiger partial charge in [-0.25, -0.2) is 4.98 Å². The Morgan fingerprint density at radius 1 is 1.32 bits per heavy atom. The molecule has 1 atom stereocenters. The number of rotatable bonds is 4. The zero-order valence-corrected chi connectivity index (χ0v) is 12.1. The van der Waals surface area contributed by atoms with Gasteiger partial charge in [0.15, 0.2) is 5.13 Å². The molecule has 5 heteroatoms. The normalized spacial score (nSPS) is 22.6. The lowest BCUT2D eigenvalue weighted by Crippen LogP contribution is -2.36. The Hall–Kier alpha value is -1.04. The first-order valence-electron chi connectivity index (χ1n) is 6.30. The molecule has 0 spiro atoms. The Morgan fingerprint density at radius 3 is 2.89 bits per heavy atom. The molecular weight excluding hydrogens is 276 g/mol. The summed E-state index contributed by atoms with van der Waals surface area (Å²) in [6.07, 6.45) is 0.863. The van der Waals surface area contributed by atoms with Crippen LogP contribution in [0.1, 0.15) is 6.42 Å². The molecule has 1 aliphatic heterocycles. The molecule has 1 aromatic carbocycles. The summed E-state index contributed by atoms with van der Waals surface area (Å²) in [6, 6.07) is 10.1. The van der Waals surface area contributed by atoms with Gasteiger partial charge in [0.05, 0.1) is 11.3 Å². The monoisotopic (exact) mass is 292 g/mol. The van der Waals surface area contributed by atoms with Gasteiger partial charge in [0.2, 0.25) is 0 Å². The van der Waals surface area contributed by atoms with Crippen LogP contribution in [0.15, 0.2) is 35.7 Å². The Bertz CT molecular complexity index is 535. The average Bonchev–Trinajstić information content (AvgIpc) is 3.07. The lowest BCUT2D eigenvalue weighted by Gasteiger charge is -2.21. The number of anilines is 1. The van der Waals surface area contributed by atoms with Crippen molar-refractivity contribution in [2.45, 2.75) is 12.0 Å². The van der Waals surface area contributed by atoms with Crippen molar-refractivity contribution in [2.24, 2.45) is 0 Å². The molecule has 2 aromatic rings. The van der Waals surface area contributed by atoms with E-state index in [0.29, 0.717) is 6.54 Å². The van der Waals surface area contributed by atoms with Gasteiger partial charge in [-0.1, -0.05) is 30.3 Å². The van der Waals surface area contributed by atoms with Gasteiger partial charge < -0.3 is 10.4 Å². The first-order valence-corrected chi connectivity index (χ1v) is 8.34. The van der Waals surface area contributed by atoms with E-state index < -0.39 is 5.60 Å². The van der Waals surface area contributed by atoms with Gasteiger partial charge in [-0.2, -0.15) is 11.8 Å². The molecule has 1 fully saturated rings. The molecule has 19 heavy (non-hydrogen) atoms. The second-order valence-corrected chi connectivity index (χ2v) is 6.75. The van der Waals surface area contributed by atoms with Crippen LogP contribution >= 0.6 is 23.1 Å². The van der Waals surface area contributed by atoms with Crippen LogP contribution < -0.4 is 5.32 Å². The third kappa shape index (κ3) is 3.11. The van der Waals surface area contributed by atoms with E-state index in [1.54, 1.807) is 11.3 Å². The summed E-state index contributed by atoms with van der Waals surface area (Å²) in [5, 5.41) is 16.5. The van der Waals surface area contributed by atoms with Gasteiger partial charge in [-0.05, 0) is 12.2 Å². The third-order valence-electron chi connectivity index (χ3n) is 3.22. The minimum Gasteiger partial charge on any atom is -0.387 e. The highest BCUT2D eigenvalue weighted by Crippen LogP contribution is 2.29. The van der Waals surface area contributed by atoms with Crippen LogP contribution in [0.2, 0.25) is 0 Å². The molecule has 0 amide bonds. The van der Waals surface area contributed by atoms with Gasteiger partial charge in [-0.15, -0.1) is 11.3 Å². The maximum Gasteiger partial charge on any atom is 0.183 e. The van der Waals surface area contributed by atoms with Crippen LogP contribution in [-0.4, -0.2) is 33.7 Å². The van der Waals surface area contributed by atoms with Gasteiger partial charge in [0, 0.05) is 23.2 Å². The number of nitrogens with one attached hydrogen (secondary N) is 1. The zero-order valence-electron chi connectivity index (χ0n) is 10.5. The lowest BCUT2D eigenvalue weighted by molar-refractivity contribution is 0.0820. The second kappa shape index (κ2) is 5.53. The van der Waals surface area contributed by atoms with Gasteiger partial charge >= 0.3 is 0 Å². The minimum atomic E-state index is -0.566. The molecule has 0 bridgehead atoms. The molecule has 0 aliphatic carbocycles. The summed E-state index contributed by atoms with van der Waals surface area (Å²) in [4.78, 5) is 4.56. The summed E-state index contributed by atoms with van der Waals surface area (Å²) < 4.78 is 0. The van der Waals surface area contributed by atoms with E-state index in [1.807, 2.05) is 35.3 Å². The smallest absolute Gasteiger partial charge is 0.183 e. The van der Waals surface area contributed by atoms with Crippen molar-refractivity contribution in [3.63, 3.8) is 0 Å². The molecule has 0 radical (unpaired) electrons. The highest BCUT2D eigenvalue weighted by Gasteiger charge is 2.31. The van der Waals surface area contributed by atoms with E-state index in [0.717, 1.165) is 34.3 Å². The largest absolute Gasteiger partial charge is 0.387 e. The fourth-order valence-electron chi connectivity index (χ4n) is 2.07. The van der Waals surface area contributed by atoms with Crippen LogP contribution in [-0.2, 0) is 0 Å². The number of hydrogen-bond donors (Lipinski definition) is 2. The van der Waals surface area contributed by atoms with Crippen molar-refractivity contribution in [1.29, 1.82) is 0 Å². The van der Waals surface area contributed by atoms with Crippen LogP contribution in [0.3, 0.4) is 0 Å². The summed E-state index contributed by atoms with van der Waals surface area (Å²) in [5.74, 6) is 1.86. The van der Waals surface area contributed by atoms with Crippen molar-refractivity contribution in [3.8, 4) is 11.3 Å². The summed E-state index contributed by atoms with van der Waals surface area (Å²) in [7, 11) is 0. The first kappa shape index (κ1) is 13.0. The molecule has 1 saturated heterocycles. The van der Waals surface area contributed by atoms with E-state index in [2.05, 4.69) is 22.4 Å². The molecule has 3 rings (SSSR count). The van der Waals surface area contributed by atoms with Crippen LogP contribution in [0.5, 0.6) is 0 Å². The molecular formula is C14H16N2OS2. The first-order chi connectivity index (χ1) is 9.25. The zero-order chi connectivity index (χ0) is 13.1. The van der Waals surface area contributed by atoms with Crippen molar-refractivity contribution < 1.29 is 5.11 Å². The van der Waals surface area contributed by atoms with E-state index in [4.69, 9.17) is 0 Å². The highest BCUT2D eigenvalue weighted by molar-refractivity contribution is 7.99. The topological polar surface area (TPSA) is 45.1 Å². The fraction of sp³-hybridized carbons (Fsp3) is 0.357. The Balaban J connectivity index is 1.65. The molecule has 100 valence electrons. The third-order valence-corrected chi connectivity index (χ3v) is 5.26. The van der Waals surface area contributed by atoms with E-state index in [-0.39, 0.29) is 0 Å². The van der Waals surface area contributed by atoms with E-state index in [1.165, 1.54) is 0 Å². The molecule has 1 unspecified atom stereocenters. The standard InChI is InChI=1S/C14H16N2OS2/c17-14(6-7-18-10-14)9-15-13-16-12(8-19-13)11-4-2-1-3-5-11/h1-5,8,17H,6-7,9-10H2,(H,15,16). The number of nitrogens with zero attached hydrogens (tertiary/aromatic N) is 1. The molecule has 2 heterocycles. The molecule has 2 N–H and O–H groups in total. The predicted octanol–water partition coefficient (Wildman–Crippen LogP) is 3.09. The van der Waals surface area contributed by atoms with Crippen LogP contribution in [0.4, 0.5) is 5.13 Å². The fourth-order valence-corrected chi connectivity index (χ4v) is 4.09. The van der Waals surface area contributed by atoms with Gasteiger partial charge in [0.1, 0.15) is 0 Å². The molecule has 1 aliphatic rings. The maximum atomic E-state index is 10.3. The lowest BCUT2D eigenvalue weighted by atomic mass is 10.0. The Labute approximate surface area is 121 Å². The quantitative estimate of drug-likeness (QED) is 0.909. The summed E-state index contributed by atoms with van der Waals surface area (Å²) in [6.45, 7) is 0.585. The number of thiazole rings is 1. The Morgan fingerprint density at radius 2 is 2.16 bits per heavy atom. The highest BCUT2D eigenvalue weighted by atomic mass is 32.2. The number of thioether (sulfide) groups is 1. The van der Waals surface area contributed by atoms with E-state index >= 15 is 0 Å². The van der Waals surface area contributed by atoms with Crippen LogP contribution in [0.25, 0.3) is 11.3 Å². The molecule has 3 nitrogen and oxygen atoms in total. The number of aliphatic hydroxyl groups is 1. The van der Waals surface area contributed by atoms with Crippen molar-refractivity contribution in [1.82, 2.24) is 4.98 Å². The van der Waals surface area contributed by atoms with Crippen LogP contribution in [0, 0.1) is 0 Å². The Kier molecular flexibility index (Phi) is 3.77. The van der Waals surface area contributed by atoms with E-state index in [9.17, 15) is 5.11 Å². The molecule has 0 saturated carbocycles. The summed E-state index contributed by atoms with van der Waals surface area (Å²) in [5.41, 5.74) is 1.55. The van der Waals surface area contributed by atoms with Crippen molar-refractivity contribution >= 4 is 28.2 Å². The van der Waals surface area contributed by atoms with Gasteiger partial charge in [-0.3, -0.25) is 0 Å². The second-order valence-electron chi connectivity index (χ2n) is 4.78. The summed E-state index contributed by atoms with van der Waals surface area (Å²) >= 11 is 3.40. The number of hydrogen-bond acceptors (Lipinski definition) is 5.